The van der Waals surface area contributed by atoms with Crippen molar-refractivity contribution in [1.29, 1.82) is 0 Å². The molecule has 4 atom stereocenters. The number of aromatic nitrogens is 2. The lowest BCUT2D eigenvalue weighted by atomic mass is 9.73. The zero-order valence-corrected chi connectivity index (χ0v) is 14.9. The van der Waals surface area contributed by atoms with Gasteiger partial charge in [-0.3, -0.25) is 14.7 Å². The predicted octanol–water partition coefficient (Wildman–Crippen LogP) is 1.65. The summed E-state index contributed by atoms with van der Waals surface area (Å²) >= 11 is 0. The van der Waals surface area contributed by atoms with Gasteiger partial charge in [-0.15, -0.1) is 0 Å². The van der Waals surface area contributed by atoms with Crippen LogP contribution < -0.4 is 5.32 Å². The van der Waals surface area contributed by atoms with Crippen LogP contribution in [0.5, 0.6) is 0 Å². The topological polar surface area (TPSA) is 67.4 Å². The third-order valence-electron chi connectivity index (χ3n) is 5.91. The SMILES string of the molecule is CC(C)=CCN1C[C@@H]2[C@H](CNC(=O)c3cnccn3)[C@H]3CC[C@]2(C1)O3. The standard InChI is InChI=1S/C19H26N4O2/c1-13(2)4-8-23-11-15-14(17-3-5-19(15,12-23)25-17)9-22-18(24)16-10-20-6-7-21-16/h4,6-7,10,14-15,17H,3,5,8-9,11-12H2,1-2H3,(H,22,24)/t14-,15+,17+,19+/m0/s1. The lowest BCUT2D eigenvalue weighted by molar-refractivity contribution is 0.00363. The normalized spacial score (nSPS) is 33.3. The summed E-state index contributed by atoms with van der Waals surface area (Å²) in [5.41, 5.74) is 1.74. The average Bonchev–Trinajstić information content (AvgIpc) is 3.26. The summed E-state index contributed by atoms with van der Waals surface area (Å²) in [5.74, 6) is 0.759. The molecule has 3 aliphatic rings. The van der Waals surface area contributed by atoms with Gasteiger partial charge < -0.3 is 10.1 Å². The first-order valence-corrected chi connectivity index (χ1v) is 9.15. The molecule has 0 aliphatic carbocycles. The zero-order chi connectivity index (χ0) is 17.4. The molecule has 1 aromatic heterocycles. The monoisotopic (exact) mass is 342 g/mol. The molecular weight excluding hydrogens is 316 g/mol. The second-order valence-corrected chi connectivity index (χ2v) is 7.81. The minimum absolute atomic E-state index is 0.0160. The molecule has 0 unspecified atom stereocenters. The van der Waals surface area contributed by atoms with E-state index in [1.165, 1.54) is 11.8 Å². The van der Waals surface area contributed by atoms with Crippen molar-refractivity contribution in [3.8, 4) is 0 Å². The summed E-state index contributed by atoms with van der Waals surface area (Å²) in [6, 6.07) is 0. The number of allylic oxidation sites excluding steroid dienone is 1. The minimum Gasteiger partial charge on any atom is -0.370 e. The summed E-state index contributed by atoms with van der Waals surface area (Å²) in [4.78, 5) is 22.8. The van der Waals surface area contributed by atoms with E-state index in [4.69, 9.17) is 4.74 Å². The maximum Gasteiger partial charge on any atom is 0.271 e. The van der Waals surface area contributed by atoms with Crippen molar-refractivity contribution in [3.05, 3.63) is 35.9 Å². The Balaban J connectivity index is 1.40. The zero-order valence-electron chi connectivity index (χ0n) is 14.9. The van der Waals surface area contributed by atoms with Crippen molar-refractivity contribution >= 4 is 5.91 Å². The number of rotatable bonds is 5. The van der Waals surface area contributed by atoms with Gasteiger partial charge >= 0.3 is 0 Å². The summed E-state index contributed by atoms with van der Waals surface area (Å²) in [6.45, 7) is 8.01. The number of nitrogens with zero attached hydrogens (tertiary/aromatic N) is 3. The molecule has 1 amide bonds. The van der Waals surface area contributed by atoms with Gasteiger partial charge in [-0.2, -0.15) is 0 Å². The van der Waals surface area contributed by atoms with E-state index in [1.54, 1.807) is 12.4 Å². The van der Waals surface area contributed by atoms with Crippen LogP contribution in [0.1, 0.15) is 37.2 Å². The van der Waals surface area contributed by atoms with E-state index in [0.29, 0.717) is 24.1 Å². The molecule has 3 aliphatic heterocycles. The van der Waals surface area contributed by atoms with E-state index in [9.17, 15) is 4.79 Å². The van der Waals surface area contributed by atoms with E-state index in [-0.39, 0.29) is 17.6 Å². The van der Waals surface area contributed by atoms with Crippen molar-refractivity contribution in [3.63, 3.8) is 0 Å². The number of fused-ring (bicyclic) bond motifs is 1. The third-order valence-corrected chi connectivity index (χ3v) is 5.91. The van der Waals surface area contributed by atoms with E-state index < -0.39 is 0 Å². The Morgan fingerprint density at radius 2 is 2.36 bits per heavy atom. The lowest BCUT2D eigenvalue weighted by Gasteiger charge is -2.29. The van der Waals surface area contributed by atoms with Crippen molar-refractivity contribution < 1.29 is 9.53 Å². The van der Waals surface area contributed by atoms with Crippen LogP contribution in [0, 0.1) is 11.8 Å². The maximum atomic E-state index is 12.3. The number of carbonyl (C=O) groups is 1. The number of likely N-dealkylation sites (tertiary alicyclic amines) is 1. The van der Waals surface area contributed by atoms with Gasteiger partial charge in [-0.25, -0.2) is 4.98 Å². The Morgan fingerprint density at radius 3 is 3.12 bits per heavy atom. The molecule has 2 bridgehead atoms. The van der Waals surface area contributed by atoms with Crippen molar-refractivity contribution in [2.75, 3.05) is 26.2 Å². The van der Waals surface area contributed by atoms with Gasteiger partial charge in [0.15, 0.2) is 0 Å². The highest BCUT2D eigenvalue weighted by Crippen LogP contribution is 2.54. The first-order chi connectivity index (χ1) is 12.1. The highest BCUT2D eigenvalue weighted by molar-refractivity contribution is 5.91. The Labute approximate surface area is 148 Å². The number of hydrogen-bond donors (Lipinski definition) is 1. The van der Waals surface area contributed by atoms with E-state index >= 15 is 0 Å². The molecule has 0 radical (unpaired) electrons. The molecule has 1 N–H and O–H groups in total. The number of nitrogens with one attached hydrogen (secondary N) is 1. The van der Waals surface area contributed by atoms with E-state index in [0.717, 1.165) is 32.5 Å². The van der Waals surface area contributed by atoms with Crippen LogP contribution in [-0.4, -0.2) is 58.7 Å². The summed E-state index contributed by atoms with van der Waals surface area (Å²) < 4.78 is 6.43. The summed E-state index contributed by atoms with van der Waals surface area (Å²) in [7, 11) is 0. The van der Waals surface area contributed by atoms with Gasteiger partial charge in [-0.1, -0.05) is 11.6 Å². The van der Waals surface area contributed by atoms with Crippen LogP contribution in [0.15, 0.2) is 30.2 Å². The molecule has 6 heteroatoms. The van der Waals surface area contributed by atoms with Gasteiger partial charge in [0.25, 0.3) is 5.91 Å². The summed E-state index contributed by atoms with van der Waals surface area (Å²) in [6.07, 6.45) is 9.46. The first-order valence-electron chi connectivity index (χ1n) is 9.15. The lowest BCUT2D eigenvalue weighted by Crippen LogP contribution is -2.42. The fourth-order valence-electron chi connectivity index (χ4n) is 4.73. The molecule has 4 heterocycles. The van der Waals surface area contributed by atoms with Gasteiger partial charge in [-0.05, 0) is 26.7 Å². The van der Waals surface area contributed by atoms with E-state index in [2.05, 4.69) is 40.1 Å². The highest BCUT2D eigenvalue weighted by atomic mass is 16.5. The first kappa shape index (κ1) is 16.7. The van der Waals surface area contributed by atoms with Crippen LogP contribution in [0.2, 0.25) is 0 Å². The molecule has 3 saturated heterocycles. The quantitative estimate of drug-likeness (QED) is 0.824. The Bertz CT molecular complexity index is 673. The van der Waals surface area contributed by atoms with Crippen molar-refractivity contribution in [1.82, 2.24) is 20.2 Å². The predicted molar refractivity (Wildman–Crippen MR) is 94.1 cm³/mol. The van der Waals surface area contributed by atoms with Gasteiger partial charge in [0.2, 0.25) is 0 Å². The van der Waals surface area contributed by atoms with Gasteiger partial charge in [0.1, 0.15) is 5.69 Å². The van der Waals surface area contributed by atoms with Crippen LogP contribution in [-0.2, 0) is 4.74 Å². The molecule has 134 valence electrons. The Hall–Kier alpha value is -1.79. The van der Waals surface area contributed by atoms with Crippen LogP contribution in [0.3, 0.4) is 0 Å². The molecule has 4 rings (SSSR count). The second kappa shape index (κ2) is 6.50. The molecule has 25 heavy (non-hydrogen) atoms. The maximum absolute atomic E-state index is 12.3. The third kappa shape index (κ3) is 3.09. The van der Waals surface area contributed by atoms with Crippen molar-refractivity contribution in [2.45, 2.75) is 38.4 Å². The fourth-order valence-corrected chi connectivity index (χ4v) is 4.73. The average molecular weight is 342 g/mol. The molecule has 6 nitrogen and oxygen atoms in total. The molecule has 0 saturated carbocycles. The molecule has 3 fully saturated rings. The number of amides is 1. The Kier molecular flexibility index (Phi) is 4.33. The largest absolute Gasteiger partial charge is 0.370 e. The molecular formula is C19H26N4O2. The van der Waals surface area contributed by atoms with Gasteiger partial charge in [0.05, 0.1) is 17.9 Å². The number of hydrogen-bond acceptors (Lipinski definition) is 5. The number of ether oxygens (including phenoxy) is 1. The highest BCUT2D eigenvalue weighted by Gasteiger charge is 2.62. The summed E-state index contributed by atoms with van der Waals surface area (Å²) in [5, 5.41) is 3.05. The number of carbonyl (C=O) groups excluding carboxylic acids is 1. The minimum atomic E-state index is -0.149. The molecule has 1 aromatic rings. The van der Waals surface area contributed by atoms with Crippen LogP contribution >= 0.6 is 0 Å². The van der Waals surface area contributed by atoms with Gasteiger partial charge in [0, 0.05) is 50.4 Å². The molecule has 1 spiro atoms. The molecule has 0 aromatic carbocycles. The van der Waals surface area contributed by atoms with Crippen molar-refractivity contribution in [2.24, 2.45) is 11.8 Å². The Morgan fingerprint density at radius 1 is 1.48 bits per heavy atom. The fraction of sp³-hybridized carbons (Fsp3) is 0.632. The van der Waals surface area contributed by atoms with Crippen LogP contribution in [0.4, 0.5) is 0 Å². The smallest absolute Gasteiger partial charge is 0.271 e. The van der Waals surface area contributed by atoms with Crippen LogP contribution in [0.25, 0.3) is 0 Å². The second-order valence-electron chi connectivity index (χ2n) is 7.81. The van der Waals surface area contributed by atoms with E-state index in [1.807, 2.05) is 0 Å².